The lowest BCUT2D eigenvalue weighted by molar-refractivity contribution is -0.131. The molecule has 0 bridgehead atoms. The summed E-state index contributed by atoms with van der Waals surface area (Å²) in [6.07, 6.45) is 2.70. The molecular weight excluding hydrogens is 302 g/mol. The largest absolute Gasteiger partial charge is 0.496 e. The minimum atomic E-state index is -0.967. The van der Waals surface area contributed by atoms with E-state index in [1.807, 2.05) is 35.9 Å². The molecule has 0 aliphatic rings. The van der Waals surface area contributed by atoms with Gasteiger partial charge in [0.2, 0.25) is 0 Å². The first-order valence-electron chi connectivity index (χ1n) is 6.68. The normalized spacial score (nSPS) is 11.6. The first-order valence-corrected chi connectivity index (χ1v) is 7.05. The molecule has 0 spiro atoms. The second-order valence-corrected chi connectivity index (χ2v) is 5.45. The van der Waals surface area contributed by atoms with Crippen LogP contribution in [0.4, 0.5) is 0 Å². The summed E-state index contributed by atoms with van der Waals surface area (Å²) in [5.41, 5.74) is 2.78. The van der Waals surface area contributed by atoms with Crippen LogP contribution in [0.25, 0.3) is 27.9 Å². The monoisotopic (exact) mass is 315 g/mol. The molecule has 22 heavy (non-hydrogen) atoms. The van der Waals surface area contributed by atoms with Gasteiger partial charge in [0.1, 0.15) is 5.75 Å². The lowest BCUT2D eigenvalue weighted by atomic mass is 10.1. The van der Waals surface area contributed by atoms with Gasteiger partial charge in [0, 0.05) is 34.4 Å². The number of rotatable bonds is 3. The number of hydrogen-bond donors (Lipinski definition) is 1. The molecule has 0 fully saturated rings. The van der Waals surface area contributed by atoms with E-state index in [0.717, 1.165) is 39.2 Å². The number of aliphatic carboxylic acids is 1. The number of carboxylic acids is 1. The predicted octanol–water partition coefficient (Wildman–Crippen LogP) is 4.09. The van der Waals surface area contributed by atoms with E-state index in [1.165, 1.54) is 0 Å². The van der Waals surface area contributed by atoms with E-state index in [9.17, 15) is 4.79 Å². The van der Waals surface area contributed by atoms with Gasteiger partial charge in [-0.1, -0.05) is 23.7 Å². The third-order valence-electron chi connectivity index (χ3n) is 3.70. The third kappa shape index (κ3) is 2.31. The molecule has 3 aromatic rings. The van der Waals surface area contributed by atoms with Crippen molar-refractivity contribution < 1.29 is 14.6 Å². The molecule has 3 rings (SSSR count). The number of hydrogen-bond acceptors (Lipinski definition) is 2. The number of fused-ring (bicyclic) bond motifs is 3. The smallest absolute Gasteiger partial charge is 0.328 e. The molecule has 0 saturated carbocycles. The fourth-order valence-corrected chi connectivity index (χ4v) is 2.91. The summed E-state index contributed by atoms with van der Waals surface area (Å²) in [4.78, 5) is 10.6. The van der Waals surface area contributed by atoms with Crippen molar-refractivity contribution in [2.45, 2.75) is 0 Å². The van der Waals surface area contributed by atoms with Crippen molar-refractivity contribution >= 4 is 45.5 Å². The van der Waals surface area contributed by atoms with Crippen molar-refractivity contribution in [1.29, 1.82) is 0 Å². The second kappa shape index (κ2) is 5.39. The molecule has 0 unspecified atom stereocenters. The van der Waals surface area contributed by atoms with E-state index in [1.54, 1.807) is 19.3 Å². The fraction of sp³-hybridized carbons (Fsp3) is 0.118. The summed E-state index contributed by atoms with van der Waals surface area (Å²) >= 11 is 6.15. The van der Waals surface area contributed by atoms with Gasteiger partial charge < -0.3 is 14.4 Å². The Morgan fingerprint density at radius 3 is 2.73 bits per heavy atom. The number of aryl methyl sites for hydroxylation is 1. The van der Waals surface area contributed by atoms with Crippen LogP contribution < -0.4 is 4.74 Å². The molecule has 0 saturated heterocycles. The van der Waals surface area contributed by atoms with Gasteiger partial charge in [-0.05, 0) is 29.8 Å². The number of nitrogens with zero attached hydrogens (tertiary/aromatic N) is 1. The van der Waals surface area contributed by atoms with Crippen LogP contribution in [0.1, 0.15) is 5.56 Å². The van der Waals surface area contributed by atoms with Gasteiger partial charge >= 0.3 is 5.97 Å². The van der Waals surface area contributed by atoms with Crippen molar-refractivity contribution in [2.24, 2.45) is 7.05 Å². The molecule has 0 aliphatic carbocycles. The van der Waals surface area contributed by atoms with Crippen molar-refractivity contribution in [2.75, 3.05) is 7.11 Å². The second-order valence-electron chi connectivity index (χ2n) is 5.01. The van der Waals surface area contributed by atoms with Crippen LogP contribution in [0.15, 0.2) is 36.4 Å². The Bertz CT molecular complexity index is 925. The zero-order valence-electron chi connectivity index (χ0n) is 12.1. The SMILES string of the molecule is COc1cc(Cl)cc2c1c1ccc(/C=C/C(=O)O)cc1n2C. The van der Waals surface area contributed by atoms with Gasteiger partial charge in [-0.2, -0.15) is 0 Å². The van der Waals surface area contributed by atoms with Gasteiger partial charge in [-0.15, -0.1) is 0 Å². The van der Waals surface area contributed by atoms with Crippen LogP contribution in [0.2, 0.25) is 5.02 Å². The molecule has 0 radical (unpaired) electrons. The van der Waals surface area contributed by atoms with Crippen LogP contribution in [0, 0.1) is 0 Å². The Labute approximate surface area is 132 Å². The lowest BCUT2D eigenvalue weighted by Crippen LogP contribution is -1.88. The summed E-state index contributed by atoms with van der Waals surface area (Å²) in [6.45, 7) is 0. The van der Waals surface area contributed by atoms with E-state index in [2.05, 4.69) is 0 Å². The maximum atomic E-state index is 10.6. The molecule has 0 aliphatic heterocycles. The maximum absolute atomic E-state index is 10.6. The molecule has 1 heterocycles. The number of benzene rings is 2. The average molecular weight is 316 g/mol. The van der Waals surface area contributed by atoms with E-state index < -0.39 is 5.97 Å². The number of methoxy groups -OCH3 is 1. The van der Waals surface area contributed by atoms with Gasteiger partial charge in [-0.3, -0.25) is 0 Å². The molecular formula is C17H14ClNO3. The summed E-state index contributed by atoms with van der Waals surface area (Å²) in [5, 5.41) is 11.4. The molecule has 1 aromatic heterocycles. The Hall–Kier alpha value is -2.46. The van der Waals surface area contributed by atoms with Crippen LogP contribution in [-0.4, -0.2) is 22.8 Å². The molecule has 5 heteroatoms. The van der Waals surface area contributed by atoms with Crippen molar-refractivity contribution in [3.05, 3.63) is 47.0 Å². The topological polar surface area (TPSA) is 51.5 Å². The highest BCUT2D eigenvalue weighted by Gasteiger charge is 2.14. The van der Waals surface area contributed by atoms with Crippen molar-refractivity contribution in [3.8, 4) is 5.75 Å². The number of aromatic nitrogens is 1. The summed E-state index contributed by atoms with van der Waals surface area (Å²) in [6, 6.07) is 9.49. The Morgan fingerprint density at radius 2 is 2.05 bits per heavy atom. The van der Waals surface area contributed by atoms with Crippen LogP contribution in [0.5, 0.6) is 5.75 Å². The third-order valence-corrected chi connectivity index (χ3v) is 3.92. The van der Waals surface area contributed by atoms with Crippen LogP contribution in [0.3, 0.4) is 0 Å². The fourth-order valence-electron chi connectivity index (χ4n) is 2.70. The number of halogens is 1. The van der Waals surface area contributed by atoms with Gasteiger partial charge in [0.15, 0.2) is 0 Å². The maximum Gasteiger partial charge on any atom is 0.328 e. The zero-order valence-corrected chi connectivity index (χ0v) is 12.9. The molecule has 0 atom stereocenters. The summed E-state index contributed by atoms with van der Waals surface area (Å²) < 4.78 is 7.47. The van der Waals surface area contributed by atoms with Gasteiger partial charge in [0.25, 0.3) is 0 Å². The lowest BCUT2D eigenvalue weighted by Gasteiger charge is -2.04. The van der Waals surface area contributed by atoms with E-state index in [-0.39, 0.29) is 0 Å². The van der Waals surface area contributed by atoms with Crippen LogP contribution >= 0.6 is 11.6 Å². The predicted molar refractivity (Wildman–Crippen MR) is 88.7 cm³/mol. The minimum Gasteiger partial charge on any atom is -0.496 e. The highest BCUT2D eigenvalue weighted by molar-refractivity contribution is 6.32. The highest BCUT2D eigenvalue weighted by Crippen LogP contribution is 2.37. The van der Waals surface area contributed by atoms with E-state index in [4.69, 9.17) is 21.4 Å². The highest BCUT2D eigenvalue weighted by atomic mass is 35.5. The summed E-state index contributed by atoms with van der Waals surface area (Å²) in [5.74, 6) is -0.243. The molecule has 1 N–H and O–H groups in total. The van der Waals surface area contributed by atoms with E-state index >= 15 is 0 Å². The van der Waals surface area contributed by atoms with E-state index in [0.29, 0.717) is 5.02 Å². The van der Waals surface area contributed by atoms with Gasteiger partial charge in [-0.25, -0.2) is 4.79 Å². The average Bonchev–Trinajstić information content (AvgIpc) is 2.77. The van der Waals surface area contributed by atoms with Gasteiger partial charge in [0.05, 0.1) is 12.6 Å². The molecule has 0 amide bonds. The Morgan fingerprint density at radius 1 is 1.27 bits per heavy atom. The standard InChI is InChI=1S/C17H14ClNO3/c1-19-13-7-10(4-6-16(20)21)3-5-12(13)17-14(19)8-11(18)9-15(17)22-2/h3-9H,1-2H3,(H,20,21)/b6-4+. The van der Waals surface area contributed by atoms with Crippen molar-refractivity contribution in [3.63, 3.8) is 0 Å². The van der Waals surface area contributed by atoms with Crippen molar-refractivity contribution in [1.82, 2.24) is 4.57 Å². The number of carbonyl (C=O) groups is 1. The minimum absolute atomic E-state index is 0.612. The van der Waals surface area contributed by atoms with Crippen LogP contribution in [-0.2, 0) is 11.8 Å². The number of ether oxygens (including phenoxy) is 1. The summed E-state index contributed by atoms with van der Waals surface area (Å²) in [7, 11) is 3.57. The Kier molecular flexibility index (Phi) is 3.54. The molecule has 4 nitrogen and oxygen atoms in total. The molecule has 2 aromatic carbocycles. The quantitative estimate of drug-likeness (QED) is 0.741. The first-order chi connectivity index (χ1) is 10.5. The zero-order chi connectivity index (χ0) is 15.9. The molecule has 112 valence electrons. The Balaban J connectivity index is 2.33. The number of carboxylic acid groups (broad SMARTS) is 1. The first kappa shape index (κ1) is 14.5.